The Morgan fingerprint density at radius 3 is 2.48 bits per heavy atom. The fourth-order valence-corrected chi connectivity index (χ4v) is 6.37. The molecule has 1 unspecified atom stereocenters. The number of nitrogens with zero attached hydrogens (tertiary/aromatic N) is 2. The quantitative estimate of drug-likeness (QED) is 0.246. The van der Waals surface area contributed by atoms with Gasteiger partial charge in [-0.1, -0.05) is 55.5 Å². The Bertz CT molecular complexity index is 1590. The molecule has 1 N–H and O–H groups in total. The third kappa shape index (κ3) is 6.46. The first-order valence-corrected chi connectivity index (χ1v) is 15.0. The Labute approximate surface area is 234 Å². The number of halogens is 1. The zero-order valence-corrected chi connectivity index (χ0v) is 23.2. The van der Waals surface area contributed by atoms with Crippen molar-refractivity contribution in [2.24, 2.45) is 0 Å². The zero-order chi connectivity index (χ0) is 28.1. The molecule has 8 heteroatoms. The van der Waals surface area contributed by atoms with Gasteiger partial charge in [0.05, 0.1) is 11.4 Å². The molecule has 1 aliphatic rings. The van der Waals surface area contributed by atoms with E-state index in [1.807, 2.05) is 67.6 Å². The Morgan fingerprint density at radius 1 is 0.975 bits per heavy atom. The molecular weight excluding hydrogens is 525 g/mol. The van der Waals surface area contributed by atoms with Crippen LogP contribution >= 0.6 is 0 Å². The average Bonchev–Trinajstić information content (AvgIpc) is 3.36. The molecule has 40 heavy (non-hydrogen) atoms. The zero-order valence-electron chi connectivity index (χ0n) is 22.4. The fourth-order valence-electron chi connectivity index (χ4n) is 5.12. The van der Waals surface area contributed by atoms with Crippen LogP contribution in [0.15, 0.2) is 96.0 Å². The Morgan fingerprint density at radius 2 is 1.75 bits per heavy atom. The summed E-state index contributed by atoms with van der Waals surface area (Å²) in [6.07, 6.45) is 4.43. The Hall–Kier alpha value is -3.88. The third-order valence-electron chi connectivity index (χ3n) is 7.36. The normalized spacial score (nSPS) is 14.6. The number of aromatic nitrogens is 1. The van der Waals surface area contributed by atoms with Crippen LogP contribution in [0, 0.1) is 5.95 Å². The second-order valence-electron chi connectivity index (χ2n) is 10.0. The summed E-state index contributed by atoms with van der Waals surface area (Å²) in [7, 11) is -3.73. The van der Waals surface area contributed by atoms with E-state index in [2.05, 4.69) is 9.71 Å². The molecule has 1 aliphatic carbocycles. The maximum Gasteiger partial charge on any atom is 0.241 e. The van der Waals surface area contributed by atoms with Crippen LogP contribution in [-0.2, 0) is 40.6 Å². The number of nitrogens with one attached hydrogen (secondary N) is 1. The number of rotatable bonds is 10. The number of fused-ring (bicyclic) bond motifs is 1. The predicted molar refractivity (Wildman–Crippen MR) is 154 cm³/mol. The van der Waals surface area contributed by atoms with Gasteiger partial charge >= 0.3 is 0 Å². The van der Waals surface area contributed by atoms with Crippen molar-refractivity contribution in [3.8, 4) is 0 Å². The molecule has 0 bridgehead atoms. The number of sulfonamides is 1. The van der Waals surface area contributed by atoms with Crippen LogP contribution < -0.4 is 9.62 Å². The molecule has 3 aromatic carbocycles. The van der Waals surface area contributed by atoms with Crippen molar-refractivity contribution in [1.82, 2.24) is 9.71 Å². The minimum atomic E-state index is -3.73. The summed E-state index contributed by atoms with van der Waals surface area (Å²) in [5.74, 6) is -0.711. The second-order valence-corrected chi connectivity index (χ2v) is 11.8. The highest BCUT2D eigenvalue weighted by Crippen LogP contribution is 2.36. The van der Waals surface area contributed by atoms with Gasteiger partial charge in [0.1, 0.15) is 0 Å². The van der Waals surface area contributed by atoms with Crippen LogP contribution in [0.2, 0.25) is 0 Å². The average molecular weight is 558 g/mol. The lowest BCUT2D eigenvalue weighted by Crippen LogP contribution is -2.31. The number of amides is 1. The summed E-state index contributed by atoms with van der Waals surface area (Å²) >= 11 is 0. The molecule has 0 aliphatic heterocycles. The number of carbonyl (C=O) groups is 1. The topological polar surface area (TPSA) is 79.4 Å². The summed E-state index contributed by atoms with van der Waals surface area (Å²) in [5, 5.41) is 0. The molecule has 1 amide bonds. The van der Waals surface area contributed by atoms with Crippen LogP contribution in [0.4, 0.5) is 10.1 Å². The van der Waals surface area contributed by atoms with Crippen molar-refractivity contribution in [3.05, 3.63) is 125 Å². The van der Waals surface area contributed by atoms with E-state index < -0.39 is 22.0 Å². The second kappa shape index (κ2) is 12.1. The summed E-state index contributed by atoms with van der Waals surface area (Å²) < 4.78 is 43.2. The molecule has 6 nitrogen and oxygen atoms in total. The van der Waals surface area contributed by atoms with Crippen LogP contribution in [0.3, 0.4) is 0 Å². The maximum absolute atomic E-state index is 13.9. The predicted octanol–water partition coefficient (Wildman–Crippen LogP) is 5.91. The van der Waals surface area contributed by atoms with Gasteiger partial charge in [-0.2, -0.15) is 4.39 Å². The molecule has 1 atom stereocenters. The SMILES string of the molecule is CCc1ccc(S(=O)(=O)NC2CCc3ccc(N(Cc4ccnc(F)c4)C(=O)CCc4ccccc4)cc32)cc1. The minimum absolute atomic E-state index is 0.104. The first kappa shape index (κ1) is 27.7. The first-order valence-electron chi connectivity index (χ1n) is 13.5. The van der Waals surface area contributed by atoms with E-state index in [1.165, 1.54) is 12.3 Å². The summed E-state index contributed by atoms with van der Waals surface area (Å²) in [5.41, 5.74) is 5.29. The third-order valence-corrected chi connectivity index (χ3v) is 8.85. The van der Waals surface area contributed by atoms with Crippen molar-refractivity contribution in [2.45, 2.75) is 56.5 Å². The highest BCUT2D eigenvalue weighted by Gasteiger charge is 2.29. The number of aryl methyl sites for hydroxylation is 3. The monoisotopic (exact) mass is 557 g/mol. The van der Waals surface area contributed by atoms with Crippen LogP contribution in [0.25, 0.3) is 0 Å². The Kier molecular flexibility index (Phi) is 8.38. The molecule has 4 aromatic rings. The van der Waals surface area contributed by atoms with E-state index in [0.717, 1.165) is 35.1 Å². The molecule has 0 spiro atoms. The van der Waals surface area contributed by atoms with Crippen molar-refractivity contribution in [1.29, 1.82) is 0 Å². The highest BCUT2D eigenvalue weighted by molar-refractivity contribution is 7.89. The van der Waals surface area contributed by atoms with Gasteiger partial charge in [0.15, 0.2) is 0 Å². The molecule has 5 rings (SSSR count). The molecule has 1 heterocycles. The standard InChI is InChI=1S/C32H32FN3O3S/c1-2-23-8-14-28(15-9-23)40(38,39)35-30-16-12-26-11-13-27(21-29(26)30)36(22-25-18-19-34-31(33)20-25)32(37)17-10-24-6-4-3-5-7-24/h3-9,11,13-15,18-21,30,35H,2,10,12,16-17,22H2,1H3. The van der Waals surface area contributed by atoms with Crippen LogP contribution in [-0.4, -0.2) is 19.3 Å². The molecule has 0 saturated heterocycles. The van der Waals surface area contributed by atoms with E-state index in [-0.39, 0.29) is 23.8 Å². The number of carbonyl (C=O) groups excluding carboxylic acids is 1. The van der Waals surface area contributed by atoms with E-state index in [9.17, 15) is 17.6 Å². The molecular formula is C32H32FN3O3S. The van der Waals surface area contributed by atoms with Crippen LogP contribution in [0.1, 0.15) is 53.6 Å². The molecule has 206 valence electrons. The van der Waals surface area contributed by atoms with Gasteiger partial charge < -0.3 is 4.90 Å². The van der Waals surface area contributed by atoms with Crippen molar-refractivity contribution >= 4 is 21.6 Å². The van der Waals surface area contributed by atoms with E-state index in [4.69, 9.17) is 0 Å². The largest absolute Gasteiger partial charge is 0.308 e. The maximum atomic E-state index is 13.9. The molecule has 0 fully saturated rings. The van der Waals surface area contributed by atoms with Gasteiger partial charge in [-0.15, -0.1) is 0 Å². The lowest BCUT2D eigenvalue weighted by atomic mass is 10.1. The summed E-state index contributed by atoms with van der Waals surface area (Å²) in [6.45, 7) is 2.20. The number of pyridine rings is 1. The number of hydrogen-bond acceptors (Lipinski definition) is 4. The van der Waals surface area contributed by atoms with Gasteiger partial charge in [0.2, 0.25) is 21.9 Å². The van der Waals surface area contributed by atoms with Gasteiger partial charge in [0, 0.05) is 24.3 Å². The minimum Gasteiger partial charge on any atom is -0.308 e. The lowest BCUT2D eigenvalue weighted by Gasteiger charge is -2.25. The van der Waals surface area contributed by atoms with Gasteiger partial charge in [-0.25, -0.2) is 18.1 Å². The summed E-state index contributed by atoms with van der Waals surface area (Å²) in [4.78, 5) is 19.1. The van der Waals surface area contributed by atoms with Crippen molar-refractivity contribution in [3.63, 3.8) is 0 Å². The Balaban J connectivity index is 1.41. The number of benzene rings is 3. The molecule has 0 saturated carbocycles. The first-order chi connectivity index (χ1) is 19.3. The number of hydrogen-bond donors (Lipinski definition) is 1. The molecule has 1 aromatic heterocycles. The summed E-state index contributed by atoms with van der Waals surface area (Å²) in [6, 6.07) is 25.1. The van der Waals surface area contributed by atoms with Crippen molar-refractivity contribution in [2.75, 3.05) is 4.90 Å². The van der Waals surface area contributed by atoms with E-state index >= 15 is 0 Å². The van der Waals surface area contributed by atoms with Gasteiger partial charge in [0.25, 0.3) is 0 Å². The highest BCUT2D eigenvalue weighted by atomic mass is 32.2. The number of anilines is 1. The van der Waals surface area contributed by atoms with Gasteiger partial charge in [-0.05, 0) is 89.9 Å². The van der Waals surface area contributed by atoms with E-state index in [1.54, 1.807) is 23.1 Å². The van der Waals surface area contributed by atoms with E-state index in [0.29, 0.717) is 24.1 Å². The lowest BCUT2D eigenvalue weighted by molar-refractivity contribution is -0.118. The van der Waals surface area contributed by atoms with Crippen molar-refractivity contribution < 1.29 is 17.6 Å². The molecule has 0 radical (unpaired) electrons. The van der Waals surface area contributed by atoms with Crippen LogP contribution in [0.5, 0.6) is 0 Å². The smallest absolute Gasteiger partial charge is 0.241 e. The van der Waals surface area contributed by atoms with Gasteiger partial charge in [-0.3, -0.25) is 4.79 Å². The fraction of sp³-hybridized carbons (Fsp3) is 0.250.